The molecule has 2 aromatic heterocycles. The van der Waals surface area contributed by atoms with Crippen molar-refractivity contribution in [2.24, 2.45) is 0 Å². The van der Waals surface area contributed by atoms with Crippen LogP contribution in [-0.2, 0) is 4.79 Å². The summed E-state index contributed by atoms with van der Waals surface area (Å²) >= 11 is 1.40. The summed E-state index contributed by atoms with van der Waals surface area (Å²) in [5, 5.41) is 11.8. The quantitative estimate of drug-likeness (QED) is 0.423. The van der Waals surface area contributed by atoms with Gasteiger partial charge in [0.1, 0.15) is 5.82 Å². The lowest BCUT2D eigenvalue weighted by Crippen LogP contribution is -2.38. The van der Waals surface area contributed by atoms with Crippen LogP contribution in [0.3, 0.4) is 0 Å². The van der Waals surface area contributed by atoms with E-state index in [4.69, 9.17) is 4.42 Å². The van der Waals surface area contributed by atoms with Gasteiger partial charge in [0.2, 0.25) is 11.8 Å². The van der Waals surface area contributed by atoms with Crippen LogP contribution in [0.1, 0.15) is 38.1 Å². The Morgan fingerprint density at radius 1 is 1.06 bits per heavy atom. The van der Waals surface area contributed by atoms with Gasteiger partial charge >= 0.3 is 0 Å². The molecule has 0 aromatic carbocycles. The Hall–Kier alpha value is -3.20. The fourth-order valence-electron chi connectivity index (χ4n) is 4.20. The largest absolute Gasteiger partial charge is 0.411 e. The number of aromatic nitrogens is 5. The van der Waals surface area contributed by atoms with Gasteiger partial charge in [0.05, 0.1) is 0 Å². The highest BCUT2D eigenvalue weighted by Gasteiger charge is 2.25. The Kier molecular flexibility index (Phi) is 6.15. The highest BCUT2D eigenvalue weighted by molar-refractivity contribution is 7.99. The maximum Gasteiger partial charge on any atom is 0.276 e. The third-order valence-electron chi connectivity index (χ3n) is 5.82. The van der Waals surface area contributed by atoms with Crippen molar-refractivity contribution in [2.45, 2.75) is 49.4 Å². The molecule has 1 aliphatic carbocycles. The molecule has 1 N–H and O–H groups in total. The van der Waals surface area contributed by atoms with Crippen molar-refractivity contribution in [3.8, 4) is 22.8 Å². The first-order chi connectivity index (χ1) is 15.8. The van der Waals surface area contributed by atoms with E-state index in [1.54, 1.807) is 12.4 Å². The summed E-state index contributed by atoms with van der Waals surface area (Å²) in [4.78, 5) is 20.9. The van der Waals surface area contributed by atoms with E-state index in [2.05, 4.69) is 48.4 Å². The van der Waals surface area contributed by atoms with E-state index >= 15 is 0 Å². The van der Waals surface area contributed by atoms with Crippen LogP contribution in [-0.4, -0.2) is 42.4 Å². The molecule has 5 rings (SSSR count). The first kappa shape index (κ1) is 20.7. The molecular formula is C23H24N6O2S. The van der Waals surface area contributed by atoms with E-state index in [0.717, 1.165) is 37.1 Å². The molecule has 0 spiro atoms. The Morgan fingerprint density at radius 3 is 2.72 bits per heavy atom. The predicted octanol–water partition coefficient (Wildman–Crippen LogP) is 4.22. The zero-order valence-corrected chi connectivity index (χ0v) is 18.4. The van der Waals surface area contributed by atoms with Crippen LogP contribution in [0.15, 0.2) is 64.8 Å². The normalized spacial score (nSPS) is 18.6. The summed E-state index contributed by atoms with van der Waals surface area (Å²) in [7, 11) is 0. The SMILES string of the molecule is O=C(CCSc1nnc(-c2ccncc2)o1)NC1CCC(n2cccc3ccnc2-3)CC1. The number of hydrogen-bond donors (Lipinski definition) is 1. The van der Waals surface area contributed by atoms with E-state index in [1.165, 1.54) is 17.3 Å². The topological polar surface area (TPSA) is 98.7 Å². The van der Waals surface area contributed by atoms with E-state index in [1.807, 2.05) is 24.4 Å². The summed E-state index contributed by atoms with van der Waals surface area (Å²) in [6, 6.07) is 10.5. The maximum absolute atomic E-state index is 12.4. The van der Waals surface area contributed by atoms with Gasteiger partial charge in [0, 0.05) is 60.2 Å². The number of pyridine rings is 2. The molecule has 1 amide bonds. The average molecular weight is 449 g/mol. The van der Waals surface area contributed by atoms with E-state index < -0.39 is 0 Å². The van der Waals surface area contributed by atoms with Crippen molar-refractivity contribution in [3.63, 3.8) is 0 Å². The number of nitrogens with zero attached hydrogens (tertiary/aromatic N) is 5. The van der Waals surface area contributed by atoms with Crippen LogP contribution < -0.4 is 5.32 Å². The van der Waals surface area contributed by atoms with Gasteiger partial charge < -0.3 is 14.3 Å². The molecule has 4 heterocycles. The standard InChI is InChI=1S/C23H24N6O2S/c30-20(10-15-32-23-28-27-22(31-23)17-7-11-24-12-8-17)26-18-3-5-19(6-4-18)29-14-1-2-16-9-13-25-21(16)29/h1-2,7-9,11-14,18-19H,3-6,10,15H2,(H,26,30). The minimum absolute atomic E-state index is 0.0716. The van der Waals surface area contributed by atoms with Gasteiger partial charge in [0.15, 0.2) is 0 Å². The molecule has 0 saturated heterocycles. The molecule has 8 nitrogen and oxygen atoms in total. The molecule has 2 aromatic rings. The van der Waals surface area contributed by atoms with E-state index in [-0.39, 0.29) is 11.9 Å². The van der Waals surface area contributed by atoms with Gasteiger partial charge in [-0.2, -0.15) is 0 Å². The first-order valence-electron chi connectivity index (χ1n) is 10.8. The van der Waals surface area contributed by atoms with Crippen LogP contribution in [0.2, 0.25) is 0 Å². The smallest absolute Gasteiger partial charge is 0.276 e. The Balaban J connectivity index is 1.06. The minimum Gasteiger partial charge on any atom is -0.411 e. The van der Waals surface area contributed by atoms with Gasteiger partial charge in [-0.15, -0.1) is 10.2 Å². The second-order valence-electron chi connectivity index (χ2n) is 7.92. The van der Waals surface area contributed by atoms with E-state index in [9.17, 15) is 4.79 Å². The molecule has 3 aliphatic rings. The number of amides is 1. The van der Waals surface area contributed by atoms with Crippen LogP contribution in [0, 0.1) is 0 Å². The summed E-state index contributed by atoms with van der Waals surface area (Å²) in [5.41, 5.74) is 2.01. The molecule has 0 radical (unpaired) electrons. The molecule has 2 aliphatic heterocycles. The molecule has 1 saturated carbocycles. The van der Waals surface area contributed by atoms with Crippen molar-refractivity contribution in [2.75, 3.05) is 5.75 Å². The van der Waals surface area contributed by atoms with Crippen molar-refractivity contribution < 1.29 is 9.21 Å². The molecule has 0 atom stereocenters. The minimum atomic E-state index is 0.0716. The summed E-state index contributed by atoms with van der Waals surface area (Å²) in [6.07, 6.45) is 11.8. The van der Waals surface area contributed by atoms with Crippen molar-refractivity contribution in [1.82, 2.24) is 30.0 Å². The number of fused-ring (bicyclic) bond motifs is 1. The third-order valence-corrected chi connectivity index (χ3v) is 6.64. The first-order valence-corrected chi connectivity index (χ1v) is 11.8. The van der Waals surface area contributed by atoms with E-state index in [0.29, 0.717) is 29.3 Å². The average Bonchev–Trinajstić information content (AvgIpc) is 3.50. The molecular weight excluding hydrogens is 424 g/mol. The summed E-state index contributed by atoms with van der Waals surface area (Å²) in [5.74, 6) is 2.17. The molecule has 0 bridgehead atoms. The highest BCUT2D eigenvalue weighted by Crippen LogP contribution is 2.32. The number of rotatable bonds is 7. The molecule has 0 unspecified atom stereocenters. The van der Waals surface area contributed by atoms with Gasteiger partial charge in [-0.25, -0.2) is 4.98 Å². The lowest BCUT2D eigenvalue weighted by molar-refractivity contribution is -0.121. The van der Waals surface area contributed by atoms with Crippen LogP contribution >= 0.6 is 11.8 Å². The Morgan fingerprint density at radius 2 is 1.88 bits per heavy atom. The lowest BCUT2D eigenvalue weighted by Gasteiger charge is -2.31. The van der Waals surface area contributed by atoms with Gasteiger partial charge in [-0.05, 0) is 56.0 Å². The summed E-state index contributed by atoms with van der Waals surface area (Å²) < 4.78 is 7.94. The maximum atomic E-state index is 12.4. The second-order valence-corrected chi connectivity index (χ2v) is 8.97. The number of carbonyl (C=O) groups excluding carboxylic acids is 1. The fraction of sp³-hybridized carbons (Fsp3) is 0.348. The highest BCUT2D eigenvalue weighted by atomic mass is 32.2. The number of hydrogen-bond acceptors (Lipinski definition) is 7. The number of nitrogens with one attached hydrogen (secondary N) is 1. The lowest BCUT2D eigenvalue weighted by atomic mass is 9.90. The Labute approximate surface area is 190 Å². The van der Waals surface area contributed by atoms with Gasteiger partial charge in [-0.1, -0.05) is 11.8 Å². The third kappa shape index (κ3) is 4.67. The van der Waals surface area contributed by atoms with Gasteiger partial charge in [-0.3, -0.25) is 9.78 Å². The van der Waals surface area contributed by atoms with Crippen molar-refractivity contribution >= 4 is 17.7 Å². The van der Waals surface area contributed by atoms with Crippen molar-refractivity contribution in [1.29, 1.82) is 0 Å². The van der Waals surface area contributed by atoms with Gasteiger partial charge in [0.25, 0.3) is 5.22 Å². The number of carbonyl (C=O) groups is 1. The van der Waals surface area contributed by atoms with Crippen LogP contribution in [0.5, 0.6) is 0 Å². The zero-order valence-electron chi connectivity index (χ0n) is 17.6. The monoisotopic (exact) mass is 448 g/mol. The number of thioether (sulfide) groups is 1. The second kappa shape index (κ2) is 9.52. The molecule has 164 valence electrons. The van der Waals surface area contributed by atoms with Crippen molar-refractivity contribution in [3.05, 3.63) is 55.1 Å². The fourth-order valence-corrected chi connectivity index (χ4v) is 4.89. The molecule has 9 heteroatoms. The predicted molar refractivity (Wildman–Crippen MR) is 121 cm³/mol. The molecule has 1 fully saturated rings. The van der Waals surface area contributed by atoms with Crippen LogP contribution in [0.4, 0.5) is 0 Å². The zero-order chi connectivity index (χ0) is 21.8. The van der Waals surface area contributed by atoms with Crippen LogP contribution in [0.25, 0.3) is 22.8 Å². The molecule has 32 heavy (non-hydrogen) atoms. The summed E-state index contributed by atoms with van der Waals surface area (Å²) in [6.45, 7) is 0. The Bertz CT molecular complexity index is 1140.